The van der Waals surface area contributed by atoms with E-state index in [2.05, 4.69) is 0 Å². The van der Waals surface area contributed by atoms with E-state index < -0.39 is 5.91 Å². The van der Waals surface area contributed by atoms with Gasteiger partial charge in [-0.2, -0.15) is 0 Å². The summed E-state index contributed by atoms with van der Waals surface area (Å²) in [5, 5.41) is 0. The smallest absolute Gasteiger partial charge is 0.227 e. The van der Waals surface area contributed by atoms with Crippen molar-refractivity contribution in [1.29, 1.82) is 0 Å². The number of hydrogen-bond acceptors (Lipinski definition) is 2. The van der Waals surface area contributed by atoms with E-state index in [1.165, 1.54) is 0 Å². The van der Waals surface area contributed by atoms with E-state index >= 15 is 0 Å². The first kappa shape index (κ1) is 13.4. The van der Waals surface area contributed by atoms with Gasteiger partial charge in [-0.1, -0.05) is 42.5 Å². The van der Waals surface area contributed by atoms with E-state index in [0.717, 1.165) is 16.8 Å². The first-order valence-corrected chi connectivity index (χ1v) is 6.90. The van der Waals surface area contributed by atoms with Crippen LogP contribution in [0.3, 0.4) is 0 Å². The van der Waals surface area contributed by atoms with Crippen molar-refractivity contribution in [2.45, 2.75) is 6.42 Å². The molecule has 2 aromatic carbocycles. The third-order valence-corrected chi connectivity index (χ3v) is 3.81. The van der Waals surface area contributed by atoms with Crippen LogP contribution in [-0.2, 0) is 9.59 Å². The molecule has 2 amide bonds. The van der Waals surface area contributed by atoms with Crippen molar-refractivity contribution in [2.75, 3.05) is 11.4 Å². The summed E-state index contributed by atoms with van der Waals surface area (Å²) in [7, 11) is 0. The van der Waals surface area contributed by atoms with Gasteiger partial charge in [0.1, 0.15) is 0 Å². The Hall–Kier alpha value is -2.62. The summed E-state index contributed by atoms with van der Waals surface area (Å²) in [6, 6.07) is 17.8. The molecule has 4 nitrogen and oxygen atoms in total. The Morgan fingerprint density at radius 3 is 2.19 bits per heavy atom. The molecule has 2 aromatic rings. The molecule has 0 aromatic heterocycles. The predicted octanol–water partition coefficient (Wildman–Crippen LogP) is 2.19. The van der Waals surface area contributed by atoms with Crippen LogP contribution in [0.25, 0.3) is 11.1 Å². The molecule has 1 aliphatic heterocycles. The lowest BCUT2D eigenvalue weighted by Gasteiger charge is -2.16. The standard InChI is InChI=1S/C17H16N2O2/c18-17(21)14-10-16(20)19(11-14)15-8-6-13(7-9-15)12-4-2-1-3-5-12/h1-9,14H,10-11H2,(H2,18,21)/t14-/m0/s1. The molecule has 2 N–H and O–H groups in total. The summed E-state index contributed by atoms with van der Waals surface area (Å²) in [6.45, 7) is 0.374. The summed E-state index contributed by atoms with van der Waals surface area (Å²) in [4.78, 5) is 24.8. The Morgan fingerprint density at radius 1 is 1.00 bits per heavy atom. The molecule has 0 aliphatic carbocycles. The number of primary amides is 1. The minimum atomic E-state index is -0.410. The third-order valence-electron chi connectivity index (χ3n) is 3.81. The number of hydrogen-bond donors (Lipinski definition) is 1. The summed E-state index contributed by atoms with van der Waals surface area (Å²) in [5.74, 6) is -0.843. The van der Waals surface area contributed by atoms with Gasteiger partial charge in [-0.3, -0.25) is 9.59 Å². The van der Waals surface area contributed by atoms with Crippen molar-refractivity contribution in [2.24, 2.45) is 11.7 Å². The van der Waals surface area contributed by atoms with Gasteiger partial charge in [-0.25, -0.2) is 0 Å². The Balaban J connectivity index is 1.82. The predicted molar refractivity (Wildman–Crippen MR) is 81.5 cm³/mol. The molecule has 3 rings (SSSR count). The number of anilines is 1. The number of benzene rings is 2. The first-order chi connectivity index (χ1) is 10.1. The summed E-state index contributed by atoms with van der Waals surface area (Å²) in [6.07, 6.45) is 0.204. The fourth-order valence-corrected chi connectivity index (χ4v) is 2.61. The van der Waals surface area contributed by atoms with Gasteiger partial charge >= 0.3 is 0 Å². The van der Waals surface area contributed by atoms with Gasteiger partial charge in [0, 0.05) is 18.7 Å². The minimum absolute atomic E-state index is 0.0498. The van der Waals surface area contributed by atoms with Crippen molar-refractivity contribution in [3.8, 4) is 11.1 Å². The maximum Gasteiger partial charge on any atom is 0.227 e. The normalized spacial score (nSPS) is 18.0. The zero-order valence-electron chi connectivity index (χ0n) is 11.5. The molecule has 1 fully saturated rings. The summed E-state index contributed by atoms with van der Waals surface area (Å²) < 4.78 is 0. The van der Waals surface area contributed by atoms with E-state index in [4.69, 9.17) is 5.73 Å². The van der Waals surface area contributed by atoms with Gasteiger partial charge in [0.2, 0.25) is 11.8 Å². The fourth-order valence-electron chi connectivity index (χ4n) is 2.61. The van der Waals surface area contributed by atoms with Crippen LogP contribution >= 0.6 is 0 Å². The highest BCUT2D eigenvalue weighted by atomic mass is 16.2. The Bertz CT molecular complexity index is 665. The maximum absolute atomic E-state index is 12.0. The van der Waals surface area contributed by atoms with E-state index in [-0.39, 0.29) is 18.2 Å². The van der Waals surface area contributed by atoms with Gasteiger partial charge in [0.25, 0.3) is 0 Å². The van der Waals surface area contributed by atoms with Crippen LogP contribution in [0.15, 0.2) is 54.6 Å². The molecule has 0 bridgehead atoms. The second-order valence-electron chi connectivity index (χ2n) is 5.22. The number of amides is 2. The molecule has 0 radical (unpaired) electrons. The molecule has 21 heavy (non-hydrogen) atoms. The molecular formula is C17H16N2O2. The fraction of sp³-hybridized carbons (Fsp3) is 0.176. The van der Waals surface area contributed by atoms with Gasteiger partial charge in [0.05, 0.1) is 5.92 Å². The molecule has 0 unspecified atom stereocenters. The monoisotopic (exact) mass is 280 g/mol. The average molecular weight is 280 g/mol. The van der Waals surface area contributed by atoms with Gasteiger partial charge in [0.15, 0.2) is 0 Å². The molecular weight excluding hydrogens is 264 g/mol. The molecule has 1 aliphatic rings. The highest BCUT2D eigenvalue weighted by Gasteiger charge is 2.33. The zero-order valence-corrected chi connectivity index (χ0v) is 11.5. The van der Waals surface area contributed by atoms with E-state index in [9.17, 15) is 9.59 Å². The van der Waals surface area contributed by atoms with Crippen LogP contribution in [0.4, 0.5) is 5.69 Å². The van der Waals surface area contributed by atoms with E-state index in [1.54, 1.807) is 4.90 Å². The van der Waals surface area contributed by atoms with Crippen molar-refractivity contribution in [1.82, 2.24) is 0 Å². The Morgan fingerprint density at radius 2 is 1.62 bits per heavy atom. The number of nitrogens with zero attached hydrogens (tertiary/aromatic N) is 1. The molecule has 1 saturated heterocycles. The van der Waals surface area contributed by atoms with Gasteiger partial charge in [-0.05, 0) is 23.3 Å². The minimum Gasteiger partial charge on any atom is -0.369 e. The highest BCUT2D eigenvalue weighted by Crippen LogP contribution is 2.27. The number of carbonyl (C=O) groups excluding carboxylic acids is 2. The van der Waals surface area contributed by atoms with Crippen molar-refractivity contribution >= 4 is 17.5 Å². The van der Waals surface area contributed by atoms with Crippen LogP contribution in [0.5, 0.6) is 0 Å². The van der Waals surface area contributed by atoms with Crippen LogP contribution in [0, 0.1) is 5.92 Å². The van der Waals surface area contributed by atoms with Crippen molar-refractivity contribution in [3.63, 3.8) is 0 Å². The highest BCUT2D eigenvalue weighted by molar-refractivity contribution is 6.00. The Labute approximate surface area is 123 Å². The van der Waals surface area contributed by atoms with Gasteiger partial charge < -0.3 is 10.6 Å². The quantitative estimate of drug-likeness (QED) is 0.936. The summed E-state index contributed by atoms with van der Waals surface area (Å²) >= 11 is 0. The third kappa shape index (κ3) is 2.65. The topological polar surface area (TPSA) is 63.4 Å². The van der Waals surface area contributed by atoms with E-state index in [1.807, 2.05) is 54.6 Å². The molecule has 106 valence electrons. The lowest BCUT2D eigenvalue weighted by Crippen LogP contribution is -2.28. The maximum atomic E-state index is 12.0. The lowest BCUT2D eigenvalue weighted by molar-refractivity contribution is -0.123. The molecule has 0 spiro atoms. The van der Waals surface area contributed by atoms with Crippen LogP contribution in [0.2, 0.25) is 0 Å². The lowest BCUT2D eigenvalue weighted by atomic mass is 10.1. The SMILES string of the molecule is NC(=O)[C@H]1CC(=O)N(c2ccc(-c3ccccc3)cc2)C1. The molecule has 4 heteroatoms. The molecule has 1 atom stereocenters. The Kier molecular flexibility index (Phi) is 3.44. The van der Waals surface area contributed by atoms with Crippen molar-refractivity contribution < 1.29 is 9.59 Å². The van der Waals surface area contributed by atoms with Gasteiger partial charge in [-0.15, -0.1) is 0 Å². The number of rotatable bonds is 3. The molecule has 1 heterocycles. The second kappa shape index (κ2) is 5.40. The van der Waals surface area contributed by atoms with Crippen LogP contribution in [-0.4, -0.2) is 18.4 Å². The number of carbonyl (C=O) groups is 2. The second-order valence-corrected chi connectivity index (χ2v) is 5.22. The number of nitrogens with two attached hydrogens (primary N) is 1. The molecule has 0 saturated carbocycles. The van der Waals surface area contributed by atoms with Crippen LogP contribution in [0.1, 0.15) is 6.42 Å². The summed E-state index contributed by atoms with van der Waals surface area (Å²) in [5.41, 5.74) is 8.32. The van der Waals surface area contributed by atoms with E-state index in [0.29, 0.717) is 6.54 Å². The van der Waals surface area contributed by atoms with Crippen molar-refractivity contribution in [3.05, 3.63) is 54.6 Å². The first-order valence-electron chi connectivity index (χ1n) is 6.90. The average Bonchev–Trinajstić information content (AvgIpc) is 2.91. The zero-order chi connectivity index (χ0) is 14.8. The largest absolute Gasteiger partial charge is 0.369 e. The van der Waals surface area contributed by atoms with Crippen LogP contribution < -0.4 is 10.6 Å².